The summed E-state index contributed by atoms with van der Waals surface area (Å²) in [5, 5.41) is 4.39. The third-order valence-corrected chi connectivity index (χ3v) is 6.02. The molecule has 1 aliphatic heterocycles. The van der Waals surface area contributed by atoms with Gasteiger partial charge in [0.25, 0.3) is 5.91 Å². The predicted molar refractivity (Wildman–Crippen MR) is 110 cm³/mol. The normalized spacial score (nSPS) is 15.8. The van der Waals surface area contributed by atoms with Crippen LogP contribution in [0.1, 0.15) is 35.8 Å². The number of aromatic nitrogens is 2. The molecule has 1 aliphatic rings. The van der Waals surface area contributed by atoms with Crippen molar-refractivity contribution in [1.29, 1.82) is 0 Å². The van der Waals surface area contributed by atoms with Crippen LogP contribution >= 0.6 is 0 Å². The average molecular weight is 423 g/mol. The van der Waals surface area contributed by atoms with E-state index in [1.807, 2.05) is 13.8 Å². The second-order valence-electron chi connectivity index (χ2n) is 7.75. The van der Waals surface area contributed by atoms with Crippen LogP contribution in [0.15, 0.2) is 30.5 Å². The lowest BCUT2D eigenvalue weighted by molar-refractivity contribution is 0.0642. The van der Waals surface area contributed by atoms with Gasteiger partial charge in [0, 0.05) is 39.0 Å². The minimum atomic E-state index is -2.99. The number of halogens is 1. The van der Waals surface area contributed by atoms with Gasteiger partial charge in [0.05, 0.1) is 28.9 Å². The molecular formula is C20H27FN4O3S. The van der Waals surface area contributed by atoms with Crippen LogP contribution in [0, 0.1) is 5.82 Å². The highest BCUT2D eigenvalue weighted by atomic mass is 32.2. The number of carbonyl (C=O) groups excluding carboxylic acids is 1. The number of piperazine rings is 1. The highest BCUT2D eigenvalue weighted by molar-refractivity contribution is 7.90. The fourth-order valence-electron chi connectivity index (χ4n) is 3.51. The standard InChI is InChI=1S/C20H27FN4O3S/c1-15(2)19-18(14-22-25(19)17-6-4-16(21)5-7-17)20(26)24-10-8-23(9-11-24)12-13-29(3,27)28/h4-7,14-15H,8-13H2,1-3H3. The van der Waals surface area contributed by atoms with Crippen LogP contribution in [-0.4, -0.2) is 78.6 Å². The van der Waals surface area contributed by atoms with Crippen LogP contribution in [0.5, 0.6) is 0 Å². The Morgan fingerprint density at radius 1 is 1.14 bits per heavy atom. The summed E-state index contributed by atoms with van der Waals surface area (Å²) in [5.74, 6) is -0.220. The fraction of sp³-hybridized carbons (Fsp3) is 0.500. The van der Waals surface area contributed by atoms with Gasteiger partial charge < -0.3 is 4.90 Å². The summed E-state index contributed by atoms with van der Waals surface area (Å²) in [6.45, 7) is 6.85. The first-order valence-corrected chi connectivity index (χ1v) is 11.7. The molecule has 0 radical (unpaired) electrons. The molecule has 3 rings (SSSR count). The average Bonchev–Trinajstić information content (AvgIpc) is 3.11. The van der Waals surface area contributed by atoms with Crippen molar-refractivity contribution in [3.05, 3.63) is 47.5 Å². The van der Waals surface area contributed by atoms with E-state index in [1.165, 1.54) is 18.4 Å². The van der Waals surface area contributed by atoms with E-state index in [1.54, 1.807) is 27.9 Å². The number of sulfone groups is 1. The fourth-order valence-corrected chi connectivity index (χ4v) is 4.10. The summed E-state index contributed by atoms with van der Waals surface area (Å²) in [4.78, 5) is 17.0. The molecule has 0 bridgehead atoms. The van der Waals surface area contributed by atoms with E-state index in [-0.39, 0.29) is 23.4 Å². The van der Waals surface area contributed by atoms with Gasteiger partial charge in [-0.05, 0) is 30.2 Å². The quantitative estimate of drug-likeness (QED) is 0.711. The Kier molecular flexibility index (Phi) is 6.38. The molecule has 1 saturated heterocycles. The molecule has 1 aromatic carbocycles. The van der Waals surface area contributed by atoms with Gasteiger partial charge >= 0.3 is 0 Å². The Morgan fingerprint density at radius 2 is 1.76 bits per heavy atom. The van der Waals surface area contributed by atoms with Gasteiger partial charge in [0.2, 0.25) is 0 Å². The number of hydrogen-bond acceptors (Lipinski definition) is 5. The maximum Gasteiger partial charge on any atom is 0.257 e. The van der Waals surface area contributed by atoms with Crippen molar-refractivity contribution < 1.29 is 17.6 Å². The van der Waals surface area contributed by atoms with Gasteiger partial charge in [-0.1, -0.05) is 13.8 Å². The number of hydrogen-bond donors (Lipinski definition) is 0. The molecule has 1 aromatic heterocycles. The molecule has 2 aromatic rings. The Labute approximate surface area is 171 Å². The van der Waals surface area contributed by atoms with Crippen molar-refractivity contribution in [3.8, 4) is 5.69 Å². The van der Waals surface area contributed by atoms with Crippen molar-refractivity contribution in [2.75, 3.05) is 44.7 Å². The van der Waals surface area contributed by atoms with Crippen LogP contribution in [0.3, 0.4) is 0 Å². The lowest BCUT2D eigenvalue weighted by Crippen LogP contribution is -2.49. The maximum absolute atomic E-state index is 13.3. The largest absolute Gasteiger partial charge is 0.336 e. The van der Waals surface area contributed by atoms with E-state index in [0.29, 0.717) is 44.0 Å². The third-order valence-electron chi connectivity index (χ3n) is 5.09. The zero-order valence-corrected chi connectivity index (χ0v) is 17.8. The number of amides is 1. The van der Waals surface area contributed by atoms with Crippen LogP contribution in [0.25, 0.3) is 5.69 Å². The molecule has 2 heterocycles. The van der Waals surface area contributed by atoms with Crippen molar-refractivity contribution in [3.63, 3.8) is 0 Å². The van der Waals surface area contributed by atoms with Crippen LogP contribution < -0.4 is 0 Å². The van der Waals surface area contributed by atoms with Gasteiger partial charge in [-0.25, -0.2) is 17.5 Å². The Morgan fingerprint density at radius 3 is 2.31 bits per heavy atom. The number of nitrogens with zero attached hydrogens (tertiary/aromatic N) is 4. The minimum absolute atomic E-state index is 0.0533. The molecular weight excluding hydrogens is 395 g/mol. The molecule has 0 aliphatic carbocycles. The van der Waals surface area contributed by atoms with E-state index < -0.39 is 9.84 Å². The SMILES string of the molecule is CC(C)c1c(C(=O)N2CCN(CCS(C)(=O)=O)CC2)cnn1-c1ccc(F)cc1. The molecule has 1 fully saturated rings. The smallest absolute Gasteiger partial charge is 0.257 e. The van der Waals surface area contributed by atoms with Crippen molar-refractivity contribution >= 4 is 15.7 Å². The number of benzene rings is 1. The second-order valence-corrected chi connectivity index (χ2v) is 10.0. The van der Waals surface area contributed by atoms with E-state index in [4.69, 9.17) is 0 Å². The summed E-state index contributed by atoms with van der Waals surface area (Å²) < 4.78 is 37.7. The molecule has 1 amide bonds. The molecule has 0 atom stereocenters. The lowest BCUT2D eigenvalue weighted by atomic mass is 10.0. The molecule has 0 unspecified atom stereocenters. The van der Waals surface area contributed by atoms with Crippen LogP contribution in [0.2, 0.25) is 0 Å². The first kappa shape index (κ1) is 21.4. The molecule has 7 nitrogen and oxygen atoms in total. The van der Waals surface area contributed by atoms with E-state index in [9.17, 15) is 17.6 Å². The lowest BCUT2D eigenvalue weighted by Gasteiger charge is -2.34. The maximum atomic E-state index is 13.3. The van der Waals surface area contributed by atoms with E-state index in [2.05, 4.69) is 10.00 Å². The minimum Gasteiger partial charge on any atom is -0.336 e. The summed E-state index contributed by atoms with van der Waals surface area (Å²) in [6, 6.07) is 6.03. The summed E-state index contributed by atoms with van der Waals surface area (Å²) in [5.41, 5.74) is 2.05. The Bertz CT molecular complexity index is 962. The molecule has 0 spiro atoms. The van der Waals surface area contributed by atoms with Crippen molar-refractivity contribution in [2.24, 2.45) is 0 Å². The molecule has 9 heteroatoms. The van der Waals surface area contributed by atoms with Gasteiger partial charge in [0.1, 0.15) is 15.7 Å². The molecule has 29 heavy (non-hydrogen) atoms. The van der Waals surface area contributed by atoms with E-state index >= 15 is 0 Å². The van der Waals surface area contributed by atoms with Crippen molar-refractivity contribution in [1.82, 2.24) is 19.6 Å². The number of rotatable bonds is 6. The topological polar surface area (TPSA) is 75.5 Å². The molecule has 0 saturated carbocycles. The molecule has 0 N–H and O–H groups in total. The highest BCUT2D eigenvalue weighted by Gasteiger charge is 2.27. The first-order valence-electron chi connectivity index (χ1n) is 9.69. The van der Waals surface area contributed by atoms with Crippen LogP contribution in [0.4, 0.5) is 4.39 Å². The predicted octanol–water partition coefficient (Wildman–Crippen LogP) is 1.94. The van der Waals surface area contributed by atoms with Gasteiger partial charge in [-0.2, -0.15) is 5.10 Å². The highest BCUT2D eigenvalue weighted by Crippen LogP contribution is 2.25. The third kappa shape index (κ3) is 5.22. The molecule has 158 valence electrons. The zero-order chi connectivity index (χ0) is 21.2. The first-order chi connectivity index (χ1) is 13.7. The Balaban J connectivity index is 1.74. The van der Waals surface area contributed by atoms with Gasteiger partial charge in [-0.3, -0.25) is 9.69 Å². The summed E-state index contributed by atoms with van der Waals surface area (Å²) >= 11 is 0. The zero-order valence-electron chi connectivity index (χ0n) is 17.0. The van der Waals surface area contributed by atoms with Crippen molar-refractivity contribution in [2.45, 2.75) is 19.8 Å². The summed E-state index contributed by atoms with van der Waals surface area (Å²) in [6.07, 6.45) is 2.82. The number of carbonyl (C=O) groups is 1. The Hall–Kier alpha value is -2.26. The monoisotopic (exact) mass is 422 g/mol. The summed E-state index contributed by atoms with van der Waals surface area (Å²) in [7, 11) is -2.99. The van der Waals surface area contributed by atoms with Gasteiger partial charge in [-0.15, -0.1) is 0 Å². The van der Waals surface area contributed by atoms with E-state index in [0.717, 1.165) is 5.69 Å². The van der Waals surface area contributed by atoms with Crippen LogP contribution in [-0.2, 0) is 9.84 Å². The second kappa shape index (κ2) is 8.62. The van der Waals surface area contributed by atoms with Gasteiger partial charge in [0.15, 0.2) is 0 Å².